The highest BCUT2D eigenvalue weighted by atomic mass is 19.1. The molecule has 3 aromatic carbocycles. The van der Waals surface area contributed by atoms with Gasteiger partial charge < -0.3 is 14.7 Å². The van der Waals surface area contributed by atoms with Gasteiger partial charge in [-0.2, -0.15) is 0 Å². The van der Waals surface area contributed by atoms with Crippen LogP contribution in [-0.4, -0.2) is 42.4 Å². The number of ether oxygens (including phenoxy) is 1. The van der Waals surface area contributed by atoms with Gasteiger partial charge in [0, 0.05) is 24.4 Å². The van der Waals surface area contributed by atoms with Crippen molar-refractivity contribution in [3.8, 4) is 11.1 Å². The van der Waals surface area contributed by atoms with Gasteiger partial charge in [0.15, 0.2) is 0 Å². The molecule has 0 radical (unpaired) electrons. The number of fused-ring (bicyclic) bond motifs is 3. The van der Waals surface area contributed by atoms with Gasteiger partial charge in [0.05, 0.1) is 6.61 Å². The molecule has 1 N–H and O–H groups in total. The van der Waals surface area contributed by atoms with E-state index < -0.39 is 11.5 Å². The van der Waals surface area contributed by atoms with Gasteiger partial charge in [-0.3, -0.25) is 0 Å². The van der Waals surface area contributed by atoms with Gasteiger partial charge in [-0.1, -0.05) is 60.7 Å². The number of aliphatic hydroxyl groups is 1. The fraction of sp³-hybridized carbons (Fsp3) is 0.269. The summed E-state index contributed by atoms with van der Waals surface area (Å²) in [6, 6.07) is 22.7. The molecule has 2 aliphatic rings. The summed E-state index contributed by atoms with van der Waals surface area (Å²) in [6.07, 6.45) is 0.172. The average Bonchev–Trinajstić information content (AvgIpc) is 3.38. The average molecular weight is 417 g/mol. The first kappa shape index (κ1) is 19.8. The summed E-state index contributed by atoms with van der Waals surface area (Å²) in [5, 5.41) is 10.1. The number of likely N-dealkylation sites (tertiary alicyclic amines) is 1. The number of carbonyl (C=O) groups excluding carboxylic acids is 1. The van der Waals surface area contributed by atoms with E-state index in [2.05, 4.69) is 24.3 Å². The van der Waals surface area contributed by atoms with E-state index in [1.54, 1.807) is 17.0 Å². The standard InChI is InChI=1S/C26H24FNO3/c27-19-7-5-6-18(14-19)26(17-29)12-13-28(16-26)25(30)31-15-24-22-10-3-1-8-20(22)21-9-2-4-11-23(21)24/h1-11,14,24,29H,12-13,15-17H2. The van der Waals surface area contributed by atoms with Crippen molar-refractivity contribution in [2.24, 2.45) is 0 Å². The van der Waals surface area contributed by atoms with Crippen LogP contribution in [0.2, 0.25) is 0 Å². The summed E-state index contributed by atoms with van der Waals surface area (Å²) < 4.78 is 19.5. The van der Waals surface area contributed by atoms with E-state index in [1.807, 2.05) is 24.3 Å². The molecular formula is C26H24FNO3. The maximum Gasteiger partial charge on any atom is 0.409 e. The number of halogens is 1. The summed E-state index contributed by atoms with van der Waals surface area (Å²) in [7, 11) is 0. The molecule has 0 spiro atoms. The number of hydrogen-bond donors (Lipinski definition) is 1. The molecule has 158 valence electrons. The summed E-state index contributed by atoms with van der Waals surface area (Å²) in [5.74, 6) is -0.338. The number of amides is 1. The zero-order valence-electron chi connectivity index (χ0n) is 17.1. The zero-order valence-corrected chi connectivity index (χ0v) is 17.1. The zero-order chi connectivity index (χ0) is 21.4. The van der Waals surface area contributed by atoms with Crippen LogP contribution >= 0.6 is 0 Å². The number of benzene rings is 3. The quantitative estimate of drug-likeness (QED) is 0.669. The number of hydrogen-bond acceptors (Lipinski definition) is 3. The lowest BCUT2D eigenvalue weighted by Gasteiger charge is -2.27. The fourth-order valence-corrected chi connectivity index (χ4v) is 4.99. The van der Waals surface area contributed by atoms with Crippen molar-refractivity contribution in [1.82, 2.24) is 4.90 Å². The molecule has 4 nitrogen and oxygen atoms in total. The first-order valence-corrected chi connectivity index (χ1v) is 10.6. The third-order valence-electron chi connectivity index (χ3n) is 6.69. The fourth-order valence-electron chi connectivity index (χ4n) is 4.99. The number of aliphatic hydroxyl groups excluding tert-OH is 1. The molecule has 1 heterocycles. The highest BCUT2D eigenvalue weighted by Gasteiger charge is 2.42. The van der Waals surface area contributed by atoms with Crippen molar-refractivity contribution in [2.75, 3.05) is 26.3 Å². The molecule has 5 rings (SSSR count). The van der Waals surface area contributed by atoms with Crippen LogP contribution in [0.25, 0.3) is 11.1 Å². The number of rotatable bonds is 4. The molecule has 1 unspecified atom stereocenters. The Balaban J connectivity index is 1.31. The molecule has 1 amide bonds. The Morgan fingerprint density at radius 1 is 1.03 bits per heavy atom. The van der Waals surface area contributed by atoms with Crippen molar-refractivity contribution >= 4 is 6.09 Å². The van der Waals surface area contributed by atoms with Crippen molar-refractivity contribution in [3.63, 3.8) is 0 Å². The minimum Gasteiger partial charge on any atom is -0.448 e. The lowest BCUT2D eigenvalue weighted by atomic mass is 9.80. The molecule has 0 saturated carbocycles. The van der Waals surface area contributed by atoms with E-state index in [0.29, 0.717) is 25.1 Å². The predicted octanol–water partition coefficient (Wildman–Crippen LogP) is 4.71. The van der Waals surface area contributed by atoms with Crippen LogP contribution in [0.4, 0.5) is 9.18 Å². The van der Waals surface area contributed by atoms with Gasteiger partial charge in [0.25, 0.3) is 0 Å². The van der Waals surface area contributed by atoms with Crippen LogP contribution in [0, 0.1) is 5.82 Å². The molecule has 1 aliphatic heterocycles. The van der Waals surface area contributed by atoms with Crippen LogP contribution < -0.4 is 0 Å². The molecule has 1 aliphatic carbocycles. The van der Waals surface area contributed by atoms with E-state index in [-0.39, 0.29) is 24.9 Å². The second kappa shape index (κ2) is 7.82. The largest absolute Gasteiger partial charge is 0.448 e. The van der Waals surface area contributed by atoms with Crippen LogP contribution in [0.15, 0.2) is 72.8 Å². The Morgan fingerprint density at radius 2 is 1.71 bits per heavy atom. The molecule has 5 heteroatoms. The normalized spacial score (nSPS) is 19.9. The van der Waals surface area contributed by atoms with Gasteiger partial charge in [0.2, 0.25) is 0 Å². The van der Waals surface area contributed by atoms with E-state index in [1.165, 1.54) is 34.4 Å². The first-order chi connectivity index (χ1) is 15.1. The van der Waals surface area contributed by atoms with Crippen molar-refractivity contribution in [3.05, 3.63) is 95.3 Å². The minimum atomic E-state index is -0.659. The summed E-state index contributed by atoms with van der Waals surface area (Å²) in [4.78, 5) is 14.5. The third-order valence-corrected chi connectivity index (χ3v) is 6.69. The lowest BCUT2D eigenvalue weighted by Crippen LogP contribution is -2.37. The minimum absolute atomic E-state index is 0.00442. The third kappa shape index (κ3) is 3.39. The van der Waals surface area contributed by atoms with Gasteiger partial charge in [-0.05, 0) is 46.4 Å². The molecule has 1 fully saturated rings. The molecular weight excluding hydrogens is 393 g/mol. The monoisotopic (exact) mass is 417 g/mol. The van der Waals surface area contributed by atoms with Gasteiger partial charge in [-0.25, -0.2) is 9.18 Å². The summed E-state index contributed by atoms with van der Waals surface area (Å²) >= 11 is 0. The number of carbonyl (C=O) groups is 1. The van der Waals surface area contributed by atoms with Crippen LogP contribution in [-0.2, 0) is 10.2 Å². The van der Waals surface area contributed by atoms with Crippen molar-refractivity contribution < 1.29 is 19.0 Å². The van der Waals surface area contributed by atoms with Gasteiger partial charge >= 0.3 is 6.09 Å². The molecule has 1 saturated heterocycles. The Hall–Kier alpha value is -3.18. The van der Waals surface area contributed by atoms with E-state index >= 15 is 0 Å². The van der Waals surface area contributed by atoms with E-state index in [0.717, 1.165) is 0 Å². The van der Waals surface area contributed by atoms with Gasteiger partial charge in [-0.15, -0.1) is 0 Å². The second-order valence-electron chi connectivity index (χ2n) is 8.42. The molecule has 0 bridgehead atoms. The molecule has 3 aromatic rings. The van der Waals surface area contributed by atoms with Crippen molar-refractivity contribution in [1.29, 1.82) is 0 Å². The Labute approximate surface area is 180 Å². The highest BCUT2D eigenvalue weighted by molar-refractivity contribution is 5.79. The Bertz CT molecular complexity index is 1090. The van der Waals surface area contributed by atoms with Crippen molar-refractivity contribution in [2.45, 2.75) is 17.8 Å². The Kier molecular flexibility index (Phi) is 4.98. The lowest BCUT2D eigenvalue weighted by molar-refractivity contribution is 0.103. The Morgan fingerprint density at radius 3 is 2.35 bits per heavy atom. The van der Waals surface area contributed by atoms with E-state index in [4.69, 9.17) is 4.74 Å². The SMILES string of the molecule is O=C(OCC1c2ccccc2-c2ccccc21)N1CCC(CO)(c2cccc(F)c2)C1. The first-order valence-electron chi connectivity index (χ1n) is 10.6. The second-order valence-corrected chi connectivity index (χ2v) is 8.42. The topological polar surface area (TPSA) is 49.8 Å². The summed E-state index contributed by atoms with van der Waals surface area (Å²) in [6.45, 7) is 0.885. The molecule has 1 atom stereocenters. The number of nitrogens with zero attached hydrogens (tertiary/aromatic N) is 1. The smallest absolute Gasteiger partial charge is 0.409 e. The maximum absolute atomic E-state index is 13.7. The summed E-state index contributed by atoms with van der Waals surface area (Å²) in [5.41, 5.74) is 4.76. The van der Waals surface area contributed by atoms with Gasteiger partial charge in [0.1, 0.15) is 12.4 Å². The van der Waals surface area contributed by atoms with E-state index in [9.17, 15) is 14.3 Å². The molecule has 31 heavy (non-hydrogen) atoms. The maximum atomic E-state index is 13.7. The van der Waals surface area contributed by atoms with Crippen LogP contribution in [0.3, 0.4) is 0 Å². The van der Waals surface area contributed by atoms with Crippen LogP contribution in [0.1, 0.15) is 29.0 Å². The van der Waals surface area contributed by atoms with Crippen LogP contribution in [0.5, 0.6) is 0 Å². The predicted molar refractivity (Wildman–Crippen MR) is 116 cm³/mol. The highest BCUT2D eigenvalue weighted by Crippen LogP contribution is 2.44. The molecule has 0 aromatic heterocycles.